The fraction of sp³-hybridized carbons (Fsp3) is 0.400. The van der Waals surface area contributed by atoms with Gasteiger partial charge in [0.05, 0.1) is 25.2 Å². The van der Waals surface area contributed by atoms with Crippen molar-refractivity contribution in [2.45, 2.75) is 12.7 Å². The van der Waals surface area contributed by atoms with Gasteiger partial charge < -0.3 is 9.84 Å². The first kappa shape index (κ1) is 11.8. The quantitative estimate of drug-likeness (QED) is 0.794. The average Bonchev–Trinajstić information content (AvgIpc) is 2.17. The van der Waals surface area contributed by atoms with Crippen LogP contribution in [-0.2, 0) is 11.3 Å². The highest BCUT2D eigenvalue weighted by Gasteiger charge is 2.01. The lowest BCUT2D eigenvalue weighted by atomic mass is 10.2. The summed E-state index contributed by atoms with van der Waals surface area (Å²) in [7, 11) is 0. The van der Waals surface area contributed by atoms with Gasteiger partial charge in [-0.1, -0.05) is 23.7 Å². The molecule has 1 aromatic carbocycles. The molecule has 0 aliphatic heterocycles. The second kappa shape index (κ2) is 6.25. The molecular formula is C10H12Cl2O2. The Kier molecular flexibility index (Phi) is 5.26. The standard InChI is InChI=1S/C10H12Cl2O2/c11-5-10(13)7-14-6-8-2-1-3-9(12)4-8/h1-4,10,13H,5-7H2. The smallest absolute Gasteiger partial charge is 0.0908 e. The normalized spacial score (nSPS) is 12.8. The zero-order valence-electron chi connectivity index (χ0n) is 7.62. The molecule has 1 unspecified atom stereocenters. The molecule has 1 aromatic rings. The Balaban J connectivity index is 2.31. The summed E-state index contributed by atoms with van der Waals surface area (Å²) in [4.78, 5) is 0. The van der Waals surface area contributed by atoms with Crippen LogP contribution in [-0.4, -0.2) is 23.7 Å². The van der Waals surface area contributed by atoms with Gasteiger partial charge in [-0.2, -0.15) is 0 Å². The third kappa shape index (κ3) is 4.29. The van der Waals surface area contributed by atoms with Crippen molar-refractivity contribution in [1.82, 2.24) is 0 Å². The van der Waals surface area contributed by atoms with Gasteiger partial charge in [0.2, 0.25) is 0 Å². The van der Waals surface area contributed by atoms with E-state index in [1.165, 1.54) is 0 Å². The Morgan fingerprint density at radius 2 is 2.21 bits per heavy atom. The predicted octanol–water partition coefficient (Wildman–Crippen LogP) is 2.46. The van der Waals surface area contributed by atoms with Crippen molar-refractivity contribution in [1.29, 1.82) is 0 Å². The van der Waals surface area contributed by atoms with Gasteiger partial charge in [0.1, 0.15) is 0 Å². The minimum Gasteiger partial charge on any atom is -0.389 e. The van der Waals surface area contributed by atoms with Crippen molar-refractivity contribution < 1.29 is 9.84 Å². The molecule has 0 radical (unpaired) electrons. The SMILES string of the molecule is OC(CCl)COCc1cccc(Cl)c1. The van der Waals surface area contributed by atoms with E-state index in [4.69, 9.17) is 33.0 Å². The fourth-order valence-corrected chi connectivity index (χ4v) is 1.29. The molecular weight excluding hydrogens is 223 g/mol. The molecule has 2 nitrogen and oxygen atoms in total. The molecule has 78 valence electrons. The van der Waals surface area contributed by atoms with E-state index in [9.17, 15) is 0 Å². The van der Waals surface area contributed by atoms with Crippen LogP contribution in [0.4, 0.5) is 0 Å². The highest BCUT2D eigenvalue weighted by Crippen LogP contribution is 2.11. The van der Waals surface area contributed by atoms with Crippen molar-refractivity contribution in [2.75, 3.05) is 12.5 Å². The van der Waals surface area contributed by atoms with E-state index in [1.807, 2.05) is 18.2 Å². The minimum absolute atomic E-state index is 0.190. The van der Waals surface area contributed by atoms with Crippen LogP contribution in [0.2, 0.25) is 5.02 Å². The molecule has 1 atom stereocenters. The summed E-state index contributed by atoms with van der Waals surface area (Å²) in [5, 5.41) is 9.79. The van der Waals surface area contributed by atoms with Crippen LogP contribution >= 0.6 is 23.2 Å². The molecule has 0 heterocycles. The van der Waals surface area contributed by atoms with Gasteiger partial charge >= 0.3 is 0 Å². The van der Waals surface area contributed by atoms with E-state index in [1.54, 1.807) is 6.07 Å². The molecule has 0 amide bonds. The first-order valence-corrected chi connectivity index (χ1v) is 5.20. The summed E-state index contributed by atoms with van der Waals surface area (Å²) in [6, 6.07) is 7.41. The Labute approximate surface area is 93.4 Å². The zero-order chi connectivity index (χ0) is 10.4. The molecule has 0 saturated carbocycles. The van der Waals surface area contributed by atoms with E-state index in [2.05, 4.69) is 0 Å². The number of aliphatic hydroxyl groups excluding tert-OH is 1. The second-order valence-electron chi connectivity index (χ2n) is 2.95. The van der Waals surface area contributed by atoms with Crippen LogP contribution in [0.1, 0.15) is 5.56 Å². The highest BCUT2D eigenvalue weighted by atomic mass is 35.5. The van der Waals surface area contributed by atoms with Gasteiger partial charge in [0, 0.05) is 5.02 Å². The molecule has 0 aliphatic carbocycles. The van der Waals surface area contributed by atoms with E-state index >= 15 is 0 Å². The van der Waals surface area contributed by atoms with Crippen LogP contribution in [0, 0.1) is 0 Å². The Bertz CT molecular complexity index is 279. The summed E-state index contributed by atoms with van der Waals surface area (Å²) < 4.78 is 5.23. The van der Waals surface area contributed by atoms with Crippen molar-refractivity contribution in [3.63, 3.8) is 0 Å². The summed E-state index contributed by atoms with van der Waals surface area (Å²) in [6.45, 7) is 0.685. The molecule has 14 heavy (non-hydrogen) atoms. The Hall–Kier alpha value is -0.280. The molecule has 0 saturated heterocycles. The van der Waals surface area contributed by atoms with Gasteiger partial charge in [0.15, 0.2) is 0 Å². The van der Waals surface area contributed by atoms with Gasteiger partial charge in [-0.15, -0.1) is 11.6 Å². The number of rotatable bonds is 5. The molecule has 1 N–H and O–H groups in total. The lowest BCUT2D eigenvalue weighted by molar-refractivity contribution is 0.0392. The number of halogens is 2. The summed E-state index contributed by atoms with van der Waals surface area (Å²) in [5.41, 5.74) is 0.985. The largest absolute Gasteiger partial charge is 0.389 e. The molecule has 4 heteroatoms. The maximum absolute atomic E-state index is 9.11. The lowest BCUT2D eigenvalue weighted by Gasteiger charge is -2.07. The first-order valence-electron chi connectivity index (χ1n) is 4.28. The number of benzene rings is 1. The minimum atomic E-state index is -0.601. The molecule has 0 bridgehead atoms. The van der Waals surface area contributed by atoms with E-state index in [0.717, 1.165) is 5.56 Å². The molecule has 0 fully saturated rings. The van der Waals surface area contributed by atoms with Crippen molar-refractivity contribution in [3.8, 4) is 0 Å². The molecule has 1 rings (SSSR count). The van der Waals surface area contributed by atoms with Crippen LogP contribution in [0.5, 0.6) is 0 Å². The van der Waals surface area contributed by atoms with Crippen LogP contribution < -0.4 is 0 Å². The molecule has 0 aromatic heterocycles. The predicted molar refractivity (Wildman–Crippen MR) is 57.8 cm³/mol. The first-order chi connectivity index (χ1) is 6.72. The topological polar surface area (TPSA) is 29.5 Å². The highest BCUT2D eigenvalue weighted by molar-refractivity contribution is 6.30. The number of hydrogen-bond donors (Lipinski definition) is 1. The van der Waals surface area contributed by atoms with Gasteiger partial charge in [-0.25, -0.2) is 0 Å². The van der Waals surface area contributed by atoms with E-state index in [0.29, 0.717) is 11.6 Å². The van der Waals surface area contributed by atoms with Crippen molar-refractivity contribution in [2.24, 2.45) is 0 Å². The van der Waals surface area contributed by atoms with Gasteiger partial charge in [0.25, 0.3) is 0 Å². The van der Waals surface area contributed by atoms with E-state index in [-0.39, 0.29) is 12.5 Å². The second-order valence-corrected chi connectivity index (χ2v) is 3.70. The average molecular weight is 235 g/mol. The third-order valence-electron chi connectivity index (χ3n) is 1.65. The molecule has 0 aliphatic rings. The zero-order valence-corrected chi connectivity index (χ0v) is 9.13. The van der Waals surface area contributed by atoms with Crippen molar-refractivity contribution >= 4 is 23.2 Å². The Morgan fingerprint density at radius 1 is 1.43 bits per heavy atom. The number of alkyl halides is 1. The maximum atomic E-state index is 9.11. The monoisotopic (exact) mass is 234 g/mol. The number of ether oxygens (including phenoxy) is 1. The van der Waals surface area contributed by atoms with E-state index < -0.39 is 6.10 Å². The number of hydrogen-bond acceptors (Lipinski definition) is 2. The number of aliphatic hydroxyl groups is 1. The summed E-state index contributed by atoms with van der Waals surface area (Å²) in [5.74, 6) is 0.190. The molecule has 0 spiro atoms. The van der Waals surface area contributed by atoms with Gasteiger partial charge in [-0.05, 0) is 17.7 Å². The van der Waals surface area contributed by atoms with Crippen LogP contribution in [0.3, 0.4) is 0 Å². The van der Waals surface area contributed by atoms with Gasteiger partial charge in [-0.3, -0.25) is 0 Å². The summed E-state index contributed by atoms with van der Waals surface area (Å²) >= 11 is 11.2. The fourth-order valence-electron chi connectivity index (χ4n) is 0.984. The Morgan fingerprint density at radius 3 is 2.86 bits per heavy atom. The van der Waals surface area contributed by atoms with Crippen LogP contribution in [0.15, 0.2) is 24.3 Å². The van der Waals surface area contributed by atoms with Crippen LogP contribution in [0.25, 0.3) is 0 Å². The lowest BCUT2D eigenvalue weighted by Crippen LogP contribution is -2.16. The van der Waals surface area contributed by atoms with Crippen molar-refractivity contribution in [3.05, 3.63) is 34.9 Å². The maximum Gasteiger partial charge on any atom is 0.0908 e. The third-order valence-corrected chi connectivity index (χ3v) is 2.24. The summed E-state index contributed by atoms with van der Waals surface area (Å²) in [6.07, 6.45) is -0.601.